The molecule has 0 aliphatic carbocycles. The third kappa shape index (κ3) is 3.99. The van der Waals surface area contributed by atoms with Gasteiger partial charge in [0, 0.05) is 17.7 Å². The fourth-order valence-electron chi connectivity index (χ4n) is 2.99. The number of aromatic nitrogens is 2. The second-order valence-corrected chi connectivity index (χ2v) is 6.58. The first-order valence-electron chi connectivity index (χ1n) is 8.73. The summed E-state index contributed by atoms with van der Waals surface area (Å²) in [6, 6.07) is 13.8. The number of benzene rings is 2. The van der Waals surface area contributed by atoms with E-state index in [1.807, 2.05) is 64.1 Å². The van der Waals surface area contributed by atoms with Crippen LogP contribution in [-0.4, -0.2) is 27.5 Å². The van der Waals surface area contributed by atoms with Gasteiger partial charge in [0.2, 0.25) is 11.7 Å². The number of carbonyl (C=O) groups excluding carboxylic acids is 1. The SMILES string of the molecule is CCN(Cc1nc(-c2cccc(C)c2)no1)C(=O)c1cc(C)cc(C)c1. The Bertz CT molecular complexity index is 910. The highest BCUT2D eigenvalue weighted by Crippen LogP contribution is 2.18. The van der Waals surface area contributed by atoms with E-state index >= 15 is 0 Å². The van der Waals surface area contributed by atoms with Crippen molar-refractivity contribution in [1.29, 1.82) is 0 Å². The van der Waals surface area contributed by atoms with Gasteiger partial charge in [-0.25, -0.2) is 0 Å². The molecule has 0 aliphatic heterocycles. The van der Waals surface area contributed by atoms with E-state index < -0.39 is 0 Å². The molecule has 5 heteroatoms. The highest BCUT2D eigenvalue weighted by atomic mass is 16.5. The van der Waals surface area contributed by atoms with Crippen LogP contribution in [-0.2, 0) is 6.54 Å². The van der Waals surface area contributed by atoms with Gasteiger partial charge >= 0.3 is 0 Å². The molecule has 0 saturated carbocycles. The number of rotatable bonds is 5. The summed E-state index contributed by atoms with van der Waals surface area (Å²) in [5, 5.41) is 4.05. The van der Waals surface area contributed by atoms with Gasteiger partial charge in [-0.3, -0.25) is 4.79 Å². The van der Waals surface area contributed by atoms with Crippen LogP contribution in [0.25, 0.3) is 11.4 Å². The lowest BCUT2D eigenvalue weighted by atomic mass is 10.1. The molecule has 5 nitrogen and oxygen atoms in total. The Morgan fingerprint density at radius 3 is 2.42 bits per heavy atom. The zero-order chi connectivity index (χ0) is 18.7. The Hall–Kier alpha value is -2.95. The lowest BCUT2D eigenvalue weighted by Crippen LogP contribution is -2.30. The fraction of sp³-hybridized carbons (Fsp3) is 0.286. The first-order valence-corrected chi connectivity index (χ1v) is 8.73. The average Bonchev–Trinajstić information content (AvgIpc) is 3.07. The summed E-state index contributed by atoms with van der Waals surface area (Å²) in [6.07, 6.45) is 0. The Morgan fingerprint density at radius 2 is 1.77 bits per heavy atom. The van der Waals surface area contributed by atoms with Crippen molar-refractivity contribution in [3.05, 3.63) is 70.6 Å². The Balaban J connectivity index is 1.79. The molecule has 0 atom stereocenters. The Labute approximate surface area is 153 Å². The molecule has 0 N–H and O–H groups in total. The summed E-state index contributed by atoms with van der Waals surface area (Å²) in [4.78, 5) is 19.0. The number of hydrogen-bond acceptors (Lipinski definition) is 4. The topological polar surface area (TPSA) is 59.2 Å². The molecule has 3 aromatic rings. The normalized spacial score (nSPS) is 10.8. The van der Waals surface area contributed by atoms with Gasteiger partial charge in [0.25, 0.3) is 5.91 Å². The second-order valence-electron chi connectivity index (χ2n) is 6.58. The number of hydrogen-bond donors (Lipinski definition) is 0. The molecular formula is C21H23N3O2. The summed E-state index contributed by atoms with van der Waals surface area (Å²) in [6.45, 7) is 8.80. The number of aryl methyl sites for hydroxylation is 3. The van der Waals surface area contributed by atoms with Crippen molar-refractivity contribution in [2.75, 3.05) is 6.54 Å². The van der Waals surface area contributed by atoms with Crippen LogP contribution in [0, 0.1) is 20.8 Å². The Morgan fingerprint density at radius 1 is 1.04 bits per heavy atom. The molecule has 0 aliphatic rings. The average molecular weight is 349 g/mol. The van der Waals surface area contributed by atoms with Crippen LogP contribution in [0.3, 0.4) is 0 Å². The zero-order valence-electron chi connectivity index (χ0n) is 15.6. The zero-order valence-corrected chi connectivity index (χ0v) is 15.6. The molecular weight excluding hydrogens is 326 g/mol. The van der Waals surface area contributed by atoms with Crippen molar-refractivity contribution in [2.45, 2.75) is 34.2 Å². The van der Waals surface area contributed by atoms with Crippen LogP contribution in [0.4, 0.5) is 0 Å². The monoisotopic (exact) mass is 349 g/mol. The summed E-state index contributed by atoms with van der Waals surface area (Å²) in [5.41, 5.74) is 4.87. The number of amides is 1. The van der Waals surface area contributed by atoms with Crippen LogP contribution in [0.15, 0.2) is 47.0 Å². The number of nitrogens with zero attached hydrogens (tertiary/aromatic N) is 3. The van der Waals surface area contributed by atoms with Crippen LogP contribution in [0.1, 0.15) is 39.9 Å². The van der Waals surface area contributed by atoms with Crippen molar-refractivity contribution in [3.63, 3.8) is 0 Å². The summed E-state index contributed by atoms with van der Waals surface area (Å²) >= 11 is 0. The largest absolute Gasteiger partial charge is 0.337 e. The summed E-state index contributed by atoms with van der Waals surface area (Å²) in [7, 11) is 0. The molecule has 0 unspecified atom stereocenters. The standard InChI is InChI=1S/C21H23N3O2/c1-5-24(21(25)18-11-15(3)9-16(4)12-18)13-19-22-20(23-26-19)17-8-6-7-14(2)10-17/h6-12H,5,13H2,1-4H3. The molecule has 3 rings (SSSR count). The van der Waals surface area contributed by atoms with E-state index in [1.165, 1.54) is 0 Å². The first kappa shape index (κ1) is 17.9. The van der Waals surface area contributed by atoms with E-state index in [0.29, 0.717) is 30.4 Å². The van der Waals surface area contributed by atoms with Crippen molar-refractivity contribution < 1.29 is 9.32 Å². The second kappa shape index (κ2) is 7.52. The predicted octanol–water partition coefficient (Wildman–Crippen LogP) is 4.32. The third-order valence-electron chi connectivity index (χ3n) is 4.21. The van der Waals surface area contributed by atoms with Crippen molar-refractivity contribution >= 4 is 5.91 Å². The van der Waals surface area contributed by atoms with Gasteiger partial charge in [0.1, 0.15) is 6.54 Å². The van der Waals surface area contributed by atoms with Gasteiger partial charge in [-0.2, -0.15) is 4.98 Å². The van der Waals surface area contributed by atoms with Gasteiger partial charge in [-0.1, -0.05) is 46.1 Å². The first-order chi connectivity index (χ1) is 12.5. The molecule has 0 saturated heterocycles. The van der Waals surface area contributed by atoms with Crippen LogP contribution in [0.2, 0.25) is 0 Å². The molecule has 2 aromatic carbocycles. The van der Waals surface area contributed by atoms with E-state index in [1.54, 1.807) is 4.90 Å². The quantitative estimate of drug-likeness (QED) is 0.688. The maximum Gasteiger partial charge on any atom is 0.254 e. The van der Waals surface area contributed by atoms with Crippen molar-refractivity contribution in [2.24, 2.45) is 0 Å². The smallest absolute Gasteiger partial charge is 0.254 e. The summed E-state index contributed by atoms with van der Waals surface area (Å²) < 4.78 is 5.37. The highest BCUT2D eigenvalue weighted by molar-refractivity contribution is 5.94. The van der Waals surface area contributed by atoms with Crippen LogP contribution < -0.4 is 0 Å². The molecule has 1 heterocycles. The number of carbonyl (C=O) groups is 1. The van der Waals surface area contributed by atoms with E-state index in [2.05, 4.69) is 16.2 Å². The van der Waals surface area contributed by atoms with Gasteiger partial charge < -0.3 is 9.42 Å². The van der Waals surface area contributed by atoms with E-state index in [4.69, 9.17) is 4.52 Å². The minimum atomic E-state index is -0.0328. The Kier molecular flexibility index (Phi) is 5.16. The minimum absolute atomic E-state index is 0.0328. The molecule has 0 fully saturated rings. The molecule has 0 bridgehead atoms. The third-order valence-corrected chi connectivity index (χ3v) is 4.21. The molecule has 0 spiro atoms. The van der Waals surface area contributed by atoms with Crippen LogP contribution in [0.5, 0.6) is 0 Å². The molecule has 1 amide bonds. The van der Waals surface area contributed by atoms with E-state index in [0.717, 1.165) is 22.3 Å². The maximum absolute atomic E-state index is 12.8. The van der Waals surface area contributed by atoms with Gasteiger partial charge in [0.05, 0.1) is 0 Å². The van der Waals surface area contributed by atoms with Gasteiger partial charge in [0.15, 0.2) is 0 Å². The van der Waals surface area contributed by atoms with Gasteiger partial charge in [-0.15, -0.1) is 0 Å². The van der Waals surface area contributed by atoms with E-state index in [-0.39, 0.29) is 5.91 Å². The lowest BCUT2D eigenvalue weighted by molar-refractivity contribution is 0.0734. The molecule has 134 valence electrons. The highest BCUT2D eigenvalue weighted by Gasteiger charge is 2.18. The molecule has 0 radical (unpaired) electrons. The maximum atomic E-state index is 12.8. The lowest BCUT2D eigenvalue weighted by Gasteiger charge is -2.19. The molecule has 1 aromatic heterocycles. The minimum Gasteiger partial charge on any atom is -0.337 e. The molecule has 26 heavy (non-hydrogen) atoms. The predicted molar refractivity (Wildman–Crippen MR) is 101 cm³/mol. The fourth-order valence-corrected chi connectivity index (χ4v) is 2.99. The van der Waals surface area contributed by atoms with Crippen molar-refractivity contribution in [3.8, 4) is 11.4 Å². The van der Waals surface area contributed by atoms with E-state index in [9.17, 15) is 4.79 Å². The summed E-state index contributed by atoms with van der Waals surface area (Å²) in [5.74, 6) is 0.939. The van der Waals surface area contributed by atoms with Crippen molar-refractivity contribution in [1.82, 2.24) is 15.0 Å². The van der Waals surface area contributed by atoms with Crippen LogP contribution >= 0.6 is 0 Å². The van der Waals surface area contributed by atoms with Gasteiger partial charge in [-0.05, 0) is 45.9 Å².